The van der Waals surface area contributed by atoms with Crippen molar-refractivity contribution in [2.45, 2.75) is 38.8 Å². The zero-order valence-corrected chi connectivity index (χ0v) is 13.4. The lowest BCUT2D eigenvalue weighted by Gasteiger charge is -2.29. The van der Waals surface area contributed by atoms with Gasteiger partial charge in [0.2, 0.25) is 0 Å². The molecule has 1 aromatic rings. The van der Waals surface area contributed by atoms with Crippen LogP contribution in [0.25, 0.3) is 0 Å². The topological polar surface area (TPSA) is 75.8 Å². The summed E-state index contributed by atoms with van der Waals surface area (Å²) in [4.78, 5) is 13.6. The summed E-state index contributed by atoms with van der Waals surface area (Å²) >= 11 is 1.31. The Bertz CT molecular complexity index is 499. The van der Waals surface area contributed by atoms with Crippen molar-refractivity contribution in [2.75, 3.05) is 25.2 Å². The molecule has 7 heteroatoms. The molecule has 0 aliphatic heterocycles. The van der Waals surface area contributed by atoms with Gasteiger partial charge in [-0.1, -0.05) is 0 Å². The van der Waals surface area contributed by atoms with Crippen LogP contribution in [0, 0.1) is 16.0 Å². The van der Waals surface area contributed by atoms with Gasteiger partial charge in [0.25, 0.3) is 0 Å². The summed E-state index contributed by atoms with van der Waals surface area (Å²) in [5, 5.41) is 21.7. The zero-order valence-electron chi connectivity index (χ0n) is 12.6. The minimum absolute atomic E-state index is 0.0829. The molecule has 2 unspecified atom stereocenters. The lowest BCUT2D eigenvalue weighted by Crippen LogP contribution is -2.37. The van der Waals surface area contributed by atoms with Crippen molar-refractivity contribution in [1.29, 1.82) is 0 Å². The van der Waals surface area contributed by atoms with Crippen molar-refractivity contribution in [3.63, 3.8) is 0 Å². The van der Waals surface area contributed by atoms with Crippen molar-refractivity contribution in [1.82, 2.24) is 0 Å². The minimum atomic E-state index is -0.692. The number of hydrogen-bond acceptors (Lipinski definition) is 6. The average molecular weight is 314 g/mol. The molecule has 0 saturated heterocycles. The van der Waals surface area contributed by atoms with Gasteiger partial charge in [-0.3, -0.25) is 10.1 Å². The second-order valence-corrected chi connectivity index (χ2v) is 6.60. The highest BCUT2D eigenvalue weighted by atomic mass is 32.1. The number of aliphatic hydroxyl groups excluding tert-OH is 1. The number of hydrogen-bond donors (Lipinski definition) is 1. The number of nitro groups is 1. The number of thiophene rings is 1. The number of methoxy groups -OCH3 is 1. The molecule has 1 heterocycles. The molecule has 2 atom stereocenters. The van der Waals surface area contributed by atoms with E-state index in [2.05, 4.69) is 11.8 Å². The van der Waals surface area contributed by atoms with Crippen LogP contribution in [0.2, 0.25) is 0 Å². The monoisotopic (exact) mass is 314 g/mol. The Morgan fingerprint density at radius 2 is 2.24 bits per heavy atom. The van der Waals surface area contributed by atoms with Crippen LogP contribution in [-0.2, 0) is 4.74 Å². The van der Waals surface area contributed by atoms with Crippen LogP contribution < -0.4 is 4.90 Å². The van der Waals surface area contributed by atoms with E-state index in [1.807, 2.05) is 0 Å². The molecule has 1 fully saturated rings. The van der Waals surface area contributed by atoms with Crippen LogP contribution in [0.3, 0.4) is 0 Å². The molecule has 21 heavy (non-hydrogen) atoms. The predicted molar refractivity (Wildman–Crippen MR) is 83.0 cm³/mol. The van der Waals surface area contributed by atoms with Gasteiger partial charge in [0.05, 0.1) is 17.6 Å². The Hall–Kier alpha value is -1.18. The van der Waals surface area contributed by atoms with Gasteiger partial charge in [-0.25, -0.2) is 0 Å². The van der Waals surface area contributed by atoms with E-state index in [0.29, 0.717) is 28.9 Å². The number of nitrogens with zero attached hydrogens (tertiary/aromatic N) is 2. The second-order valence-electron chi connectivity index (χ2n) is 5.54. The van der Waals surface area contributed by atoms with E-state index >= 15 is 0 Å². The van der Waals surface area contributed by atoms with Crippen molar-refractivity contribution in [3.8, 4) is 0 Å². The first-order chi connectivity index (χ1) is 9.95. The maximum absolute atomic E-state index is 11.3. The molecule has 118 valence electrons. The van der Waals surface area contributed by atoms with E-state index in [0.717, 1.165) is 0 Å². The summed E-state index contributed by atoms with van der Waals surface area (Å²) < 4.78 is 5.14. The van der Waals surface area contributed by atoms with Gasteiger partial charge >= 0.3 is 5.69 Å². The Morgan fingerprint density at radius 1 is 1.57 bits per heavy atom. The average Bonchev–Trinajstić information content (AvgIpc) is 3.18. The summed E-state index contributed by atoms with van der Waals surface area (Å²) in [6.45, 7) is 4.88. The van der Waals surface area contributed by atoms with E-state index in [1.165, 1.54) is 30.2 Å². The van der Waals surface area contributed by atoms with Gasteiger partial charge in [-0.15, -0.1) is 11.3 Å². The van der Waals surface area contributed by atoms with Crippen LogP contribution in [0.5, 0.6) is 0 Å². The third kappa shape index (κ3) is 3.72. The Balaban J connectivity index is 2.34. The molecule has 0 aromatic carbocycles. The largest absolute Gasteiger partial charge is 0.388 e. The molecular weight excluding hydrogens is 292 g/mol. The molecule has 0 spiro atoms. The normalized spacial score (nSPS) is 17.5. The standard InChI is InChI=1S/C14H22N2O4S/c1-9(11-4-5-11)15(6-7-20-3)14-12(16(18)19)8-13(21-14)10(2)17/h8-11,17H,4-7H2,1-3H3. The molecular formula is C14H22N2O4S. The molecule has 1 N–H and O–H groups in total. The third-order valence-corrected chi connectivity index (χ3v) is 5.25. The van der Waals surface area contributed by atoms with Crippen molar-refractivity contribution < 1.29 is 14.8 Å². The first kappa shape index (κ1) is 16.2. The van der Waals surface area contributed by atoms with E-state index in [1.54, 1.807) is 14.0 Å². The van der Waals surface area contributed by atoms with Crippen LogP contribution in [0.1, 0.15) is 37.7 Å². The highest BCUT2D eigenvalue weighted by Gasteiger charge is 2.35. The minimum Gasteiger partial charge on any atom is -0.388 e. The molecule has 6 nitrogen and oxygen atoms in total. The van der Waals surface area contributed by atoms with Crippen molar-refractivity contribution in [3.05, 3.63) is 21.1 Å². The van der Waals surface area contributed by atoms with Gasteiger partial charge in [0.1, 0.15) is 0 Å². The lowest BCUT2D eigenvalue weighted by atomic mass is 10.2. The molecule has 0 amide bonds. The Morgan fingerprint density at radius 3 is 2.71 bits per heavy atom. The van der Waals surface area contributed by atoms with E-state index in [-0.39, 0.29) is 16.7 Å². The Kier molecular flexibility index (Phi) is 5.18. The Labute approximate surface area is 128 Å². The van der Waals surface area contributed by atoms with Crippen LogP contribution >= 0.6 is 11.3 Å². The first-order valence-corrected chi connectivity index (χ1v) is 7.99. The molecule has 2 rings (SSSR count). The van der Waals surface area contributed by atoms with Gasteiger partial charge in [0, 0.05) is 30.6 Å². The number of ether oxygens (including phenoxy) is 1. The van der Waals surface area contributed by atoms with Crippen molar-refractivity contribution >= 4 is 22.0 Å². The molecule has 1 saturated carbocycles. The van der Waals surface area contributed by atoms with Crippen LogP contribution in [0.4, 0.5) is 10.7 Å². The van der Waals surface area contributed by atoms with E-state index in [9.17, 15) is 15.2 Å². The zero-order chi connectivity index (χ0) is 15.6. The SMILES string of the molecule is COCCN(c1sc(C(C)O)cc1[N+](=O)[O-])C(C)C1CC1. The fraction of sp³-hybridized carbons (Fsp3) is 0.714. The van der Waals surface area contributed by atoms with Crippen LogP contribution in [-0.4, -0.2) is 36.3 Å². The number of anilines is 1. The van der Waals surface area contributed by atoms with E-state index in [4.69, 9.17) is 4.74 Å². The summed E-state index contributed by atoms with van der Waals surface area (Å²) in [5.74, 6) is 0.596. The first-order valence-electron chi connectivity index (χ1n) is 7.17. The maximum Gasteiger partial charge on any atom is 0.304 e. The van der Waals surface area contributed by atoms with Gasteiger partial charge in [-0.05, 0) is 32.6 Å². The number of aliphatic hydroxyl groups is 1. The van der Waals surface area contributed by atoms with Crippen molar-refractivity contribution in [2.24, 2.45) is 5.92 Å². The maximum atomic E-state index is 11.3. The molecule has 0 radical (unpaired) electrons. The summed E-state index contributed by atoms with van der Waals surface area (Å²) in [5.41, 5.74) is 0.0829. The summed E-state index contributed by atoms with van der Waals surface area (Å²) in [7, 11) is 1.63. The van der Waals surface area contributed by atoms with Gasteiger partial charge in [0.15, 0.2) is 5.00 Å². The molecule has 1 aromatic heterocycles. The smallest absolute Gasteiger partial charge is 0.304 e. The lowest BCUT2D eigenvalue weighted by molar-refractivity contribution is -0.383. The number of rotatable bonds is 8. The predicted octanol–water partition coefficient (Wildman–Crippen LogP) is 2.96. The molecule has 1 aliphatic rings. The van der Waals surface area contributed by atoms with E-state index < -0.39 is 6.10 Å². The quantitative estimate of drug-likeness (QED) is 0.590. The van der Waals surface area contributed by atoms with Crippen LogP contribution in [0.15, 0.2) is 6.07 Å². The van der Waals surface area contributed by atoms with Gasteiger partial charge in [-0.2, -0.15) is 0 Å². The molecule has 0 bridgehead atoms. The second kappa shape index (κ2) is 6.72. The summed E-state index contributed by atoms with van der Waals surface area (Å²) in [6.07, 6.45) is 1.66. The fourth-order valence-electron chi connectivity index (χ4n) is 2.45. The summed E-state index contributed by atoms with van der Waals surface area (Å²) in [6, 6.07) is 1.74. The highest BCUT2D eigenvalue weighted by Crippen LogP contribution is 2.44. The third-order valence-electron chi connectivity index (χ3n) is 3.91. The fourth-order valence-corrected chi connectivity index (χ4v) is 3.62. The van der Waals surface area contributed by atoms with Gasteiger partial charge < -0.3 is 14.7 Å². The highest BCUT2D eigenvalue weighted by molar-refractivity contribution is 7.16. The molecule has 1 aliphatic carbocycles.